The van der Waals surface area contributed by atoms with Gasteiger partial charge in [-0.2, -0.15) is 0 Å². The van der Waals surface area contributed by atoms with Crippen LogP contribution in [0.25, 0.3) is 11.4 Å². The van der Waals surface area contributed by atoms with Crippen molar-refractivity contribution in [1.82, 2.24) is 14.9 Å². The van der Waals surface area contributed by atoms with E-state index in [0.29, 0.717) is 31.8 Å². The lowest BCUT2D eigenvalue weighted by atomic mass is 10.1. The number of nitrogens with two attached hydrogens (primary N) is 1. The summed E-state index contributed by atoms with van der Waals surface area (Å²) < 4.78 is 5.49. The van der Waals surface area contributed by atoms with Gasteiger partial charge in [-0.1, -0.05) is 12.1 Å². The number of hydrogen-bond acceptors (Lipinski definition) is 4. The maximum absolute atomic E-state index is 12.6. The van der Waals surface area contributed by atoms with Gasteiger partial charge in [-0.3, -0.25) is 4.79 Å². The van der Waals surface area contributed by atoms with Crippen LogP contribution in [-0.2, 0) is 4.74 Å². The van der Waals surface area contributed by atoms with Gasteiger partial charge in [-0.15, -0.1) is 0 Å². The highest BCUT2D eigenvalue weighted by Crippen LogP contribution is 2.18. The number of rotatable bonds is 3. The molecule has 21 heavy (non-hydrogen) atoms. The van der Waals surface area contributed by atoms with Gasteiger partial charge in [0.1, 0.15) is 5.82 Å². The summed E-state index contributed by atoms with van der Waals surface area (Å²) in [6.07, 6.45) is 3.38. The maximum Gasteiger partial charge on any atom is 0.254 e. The van der Waals surface area contributed by atoms with Crippen LogP contribution in [0.4, 0.5) is 0 Å². The number of ether oxygens (including phenoxy) is 1. The van der Waals surface area contributed by atoms with Gasteiger partial charge in [0.15, 0.2) is 0 Å². The molecule has 6 nitrogen and oxygen atoms in total. The number of aromatic amines is 1. The van der Waals surface area contributed by atoms with Crippen molar-refractivity contribution in [3.63, 3.8) is 0 Å². The molecule has 0 spiro atoms. The Morgan fingerprint density at radius 3 is 3.19 bits per heavy atom. The van der Waals surface area contributed by atoms with Crippen LogP contribution in [0, 0.1) is 0 Å². The summed E-state index contributed by atoms with van der Waals surface area (Å²) in [7, 11) is 0. The van der Waals surface area contributed by atoms with E-state index in [9.17, 15) is 4.79 Å². The summed E-state index contributed by atoms with van der Waals surface area (Å²) in [4.78, 5) is 21.6. The third-order valence-corrected chi connectivity index (χ3v) is 3.57. The van der Waals surface area contributed by atoms with E-state index in [1.165, 1.54) is 0 Å². The Labute approximate surface area is 122 Å². The van der Waals surface area contributed by atoms with Crippen molar-refractivity contribution >= 4 is 5.91 Å². The fraction of sp³-hybridized carbons (Fsp3) is 0.333. The lowest BCUT2D eigenvalue weighted by molar-refractivity contribution is -0.0167. The van der Waals surface area contributed by atoms with Gasteiger partial charge in [0.25, 0.3) is 5.91 Å². The molecule has 0 bridgehead atoms. The van der Waals surface area contributed by atoms with E-state index >= 15 is 0 Å². The number of amides is 1. The summed E-state index contributed by atoms with van der Waals surface area (Å²) >= 11 is 0. The predicted octanol–water partition coefficient (Wildman–Crippen LogP) is 0.876. The zero-order valence-corrected chi connectivity index (χ0v) is 11.7. The van der Waals surface area contributed by atoms with E-state index < -0.39 is 0 Å². The smallest absolute Gasteiger partial charge is 0.254 e. The number of carbonyl (C=O) groups excluding carboxylic acids is 1. The van der Waals surface area contributed by atoms with Crippen molar-refractivity contribution in [2.24, 2.45) is 5.73 Å². The Morgan fingerprint density at radius 2 is 2.43 bits per heavy atom. The number of nitrogens with zero attached hydrogens (tertiary/aromatic N) is 2. The van der Waals surface area contributed by atoms with Gasteiger partial charge in [0.2, 0.25) is 0 Å². The lowest BCUT2D eigenvalue weighted by Crippen LogP contribution is -2.48. The third-order valence-electron chi connectivity index (χ3n) is 3.57. The van der Waals surface area contributed by atoms with E-state index in [1.54, 1.807) is 17.3 Å². The molecular formula is C15H18N4O2. The number of aromatic nitrogens is 2. The molecule has 3 rings (SSSR count). The molecule has 1 saturated heterocycles. The van der Waals surface area contributed by atoms with Crippen molar-refractivity contribution in [2.75, 3.05) is 26.2 Å². The number of benzene rings is 1. The molecule has 1 aromatic carbocycles. The lowest BCUT2D eigenvalue weighted by Gasteiger charge is -2.32. The van der Waals surface area contributed by atoms with E-state index in [2.05, 4.69) is 9.97 Å². The van der Waals surface area contributed by atoms with Crippen molar-refractivity contribution < 1.29 is 9.53 Å². The molecule has 0 radical (unpaired) electrons. The molecule has 1 aliphatic heterocycles. The summed E-state index contributed by atoms with van der Waals surface area (Å²) in [6.45, 7) is 2.10. The quantitative estimate of drug-likeness (QED) is 0.877. The minimum Gasteiger partial charge on any atom is -0.373 e. The van der Waals surface area contributed by atoms with Crippen LogP contribution in [-0.4, -0.2) is 53.1 Å². The molecule has 1 amide bonds. The molecule has 6 heteroatoms. The maximum atomic E-state index is 12.6. The van der Waals surface area contributed by atoms with Gasteiger partial charge in [-0.05, 0) is 12.1 Å². The molecule has 1 atom stereocenters. The first-order valence-corrected chi connectivity index (χ1v) is 6.98. The largest absolute Gasteiger partial charge is 0.373 e. The summed E-state index contributed by atoms with van der Waals surface area (Å²) in [6, 6.07) is 7.47. The minimum atomic E-state index is -0.0732. The average molecular weight is 286 g/mol. The van der Waals surface area contributed by atoms with E-state index in [1.807, 2.05) is 24.3 Å². The number of carbonyl (C=O) groups is 1. The second kappa shape index (κ2) is 6.07. The highest BCUT2D eigenvalue weighted by Gasteiger charge is 2.24. The highest BCUT2D eigenvalue weighted by atomic mass is 16.5. The van der Waals surface area contributed by atoms with Crippen LogP contribution in [0.15, 0.2) is 36.7 Å². The fourth-order valence-electron chi connectivity index (χ4n) is 2.45. The van der Waals surface area contributed by atoms with Gasteiger partial charge in [0.05, 0.1) is 12.7 Å². The number of H-pyrrole nitrogens is 1. The second-order valence-electron chi connectivity index (χ2n) is 5.00. The third kappa shape index (κ3) is 2.96. The molecule has 0 aliphatic carbocycles. The topological polar surface area (TPSA) is 84.2 Å². The SMILES string of the molecule is NCC1CN(C(=O)c2cccc(-c3ncc[nH]3)c2)CCO1. The number of morpholine rings is 1. The number of hydrogen-bond donors (Lipinski definition) is 2. The standard InChI is InChI=1S/C15H18N4O2/c16-9-13-10-19(6-7-21-13)15(20)12-3-1-2-11(8-12)14-17-4-5-18-14/h1-5,8,13H,6-7,9-10,16H2,(H,17,18). The van der Waals surface area contributed by atoms with Crippen molar-refractivity contribution in [1.29, 1.82) is 0 Å². The molecule has 2 heterocycles. The first-order valence-electron chi connectivity index (χ1n) is 6.98. The Morgan fingerprint density at radius 1 is 1.52 bits per heavy atom. The second-order valence-corrected chi connectivity index (χ2v) is 5.00. The Balaban J connectivity index is 1.80. The molecule has 110 valence electrons. The fourth-order valence-corrected chi connectivity index (χ4v) is 2.45. The van der Waals surface area contributed by atoms with Gasteiger partial charge in [0, 0.05) is 43.2 Å². The molecule has 1 fully saturated rings. The van der Waals surface area contributed by atoms with E-state index in [-0.39, 0.29) is 12.0 Å². The summed E-state index contributed by atoms with van der Waals surface area (Å²) in [5.41, 5.74) is 7.17. The molecule has 1 aromatic heterocycles. The Kier molecular flexibility index (Phi) is 3.98. The van der Waals surface area contributed by atoms with Gasteiger partial charge >= 0.3 is 0 Å². The summed E-state index contributed by atoms with van der Waals surface area (Å²) in [5, 5.41) is 0. The van der Waals surface area contributed by atoms with Crippen LogP contribution >= 0.6 is 0 Å². The van der Waals surface area contributed by atoms with Crippen molar-refractivity contribution in [3.05, 3.63) is 42.2 Å². The molecule has 3 N–H and O–H groups in total. The number of nitrogens with one attached hydrogen (secondary N) is 1. The minimum absolute atomic E-state index is 0.00477. The molecule has 1 unspecified atom stereocenters. The molecule has 0 saturated carbocycles. The van der Waals surface area contributed by atoms with Crippen LogP contribution in [0.2, 0.25) is 0 Å². The van der Waals surface area contributed by atoms with Crippen molar-refractivity contribution in [2.45, 2.75) is 6.10 Å². The average Bonchev–Trinajstić information content (AvgIpc) is 3.09. The molecule has 2 aromatic rings. The van der Waals surface area contributed by atoms with E-state index in [4.69, 9.17) is 10.5 Å². The van der Waals surface area contributed by atoms with Crippen LogP contribution in [0.3, 0.4) is 0 Å². The summed E-state index contributed by atoms with van der Waals surface area (Å²) in [5.74, 6) is 0.761. The zero-order chi connectivity index (χ0) is 14.7. The normalized spacial score (nSPS) is 18.7. The monoisotopic (exact) mass is 286 g/mol. The van der Waals surface area contributed by atoms with E-state index in [0.717, 1.165) is 11.4 Å². The van der Waals surface area contributed by atoms with Crippen LogP contribution in [0.1, 0.15) is 10.4 Å². The molecule has 1 aliphatic rings. The van der Waals surface area contributed by atoms with Gasteiger partial charge in [-0.25, -0.2) is 4.98 Å². The predicted molar refractivity (Wildman–Crippen MR) is 78.7 cm³/mol. The highest BCUT2D eigenvalue weighted by molar-refractivity contribution is 5.95. The Hall–Kier alpha value is -2.18. The Bertz CT molecular complexity index is 612. The van der Waals surface area contributed by atoms with Crippen molar-refractivity contribution in [3.8, 4) is 11.4 Å². The van der Waals surface area contributed by atoms with Crippen LogP contribution in [0.5, 0.6) is 0 Å². The first kappa shape index (κ1) is 13.8. The van der Waals surface area contributed by atoms with Crippen LogP contribution < -0.4 is 5.73 Å². The van der Waals surface area contributed by atoms with Gasteiger partial charge < -0.3 is 20.4 Å². The number of imidazole rings is 1. The molecular weight excluding hydrogens is 268 g/mol. The first-order chi connectivity index (χ1) is 10.3. The zero-order valence-electron chi connectivity index (χ0n) is 11.7.